The van der Waals surface area contributed by atoms with Gasteiger partial charge in [0.05, 0.1) is 12.4 Å². The minimum atomic E-state index is -3.30. The number of sulfonamides is 1. The molecule has 4 nitrogen and oxygen atoms in total. The van der Waals surface area contributed by atoms with Gasteiger partial charge in [-0.3, -0.25) is 4.72 Å². The van der Waals surface area contributed by atoms with Gasteiger partial charge in [0.25, 0.3) is 0 Å². The van der Waals surface area contributed by atoms with E-state index in [1.165, 1.54) is 0 Å². The Kier molecular flexibility index (Phi) is 5.74. The number of hydrogen-bond acceptors (Lipinski definition) is 3. The summed E-state index contributed by atoms with van der Waals surface area (Å²) in [7, 11) is -3.30. The molecule has 0 heterocycles. The summed E-state index contributed by atoms with van der Waals surface area (Å²) >= 11 is 5.49. The summed E-state index contributed by atoms with van der Waals surface area (Å²) in [4.78, 5) is 0. The lowest BCUT2D eigenvalue weighted by molar-refractivity contribution is 0.282. The fourth-order valence-electron chi connectivity index (χ4n) is 1.30. The second-order valence-corrected chi connectivity index (χ2v) is 5.89. The normalized spacial score (nSPS) is 11.4. The Bertz CT molecular complexity index is 431. The number of alkyl halides is 1. The molecule has 17 heavy (non-hydrogen) atoms. The molecular formula is C11H16ClNO3S. The number of unbranched alkanes of at least 4 members (excludes halogenated alkanes) is 1. The summed E-state index contributed by atoms with van der Waals surface area (Å²) in [5.41, 5.74) is 1.25. The van der Waals surface area contributed by atoms with Crippen molar-refractivity contribution in [3.63, 3.8) is 0 Å². The summed E-state index contributed by atoms with van der Waals surface area (Å²) in [5.74, 6) is 0.544. The number of hydrogen-bond donors (Lipinski definition) is 2. The number of aliphatic hydroxyl groups excluding tert-OH is 1. The van der Waals surface area contributed by atoms with Gasteiger partial charge in [-0.15, -0.1) is 11.6 Å². The number of rotatable bonds is 7. The van der Waals surface area contributed by atoms with E-state index in [1.54, 1.807) is 24.3 Å². The average Bonchev–Trinajstić information content (AvgIpc) is 2.30. The van der Waals surface area contributed by atoms with Gasteiger partial charge in [-0.05, 0) is 30.5 Å². The SMILES string of the molecule is O=S(=O)(CCCCCl)Nc1ccc(CO)cc1. The van der Waals surface area contributed by atoms with E-state index in [-0.39, 0.29) is 12.4 Å². The van der Waals surface area contributed by atoms with Gasteiger partial charge in [0, 0.05) is 11.6 Å². The van der Waals surface area contributed by atoms with Crippen LogP contribution in [0.1, 0.15) is 18.4 Å². The first-order chi connectivity index (χ1) is 8.07. The van der Waals surface area contributed by atoms with Crippen molar-refractivity contribution >= 4 is 27.3 Å². The highest BCUT2D eigenvalue weighted by Gasteiger charge is 2.09. The predicted molar refractivity (Wildman–Crippen MR) is 69.7 cm³/mol. The van der Waals surface area contributed by atoms with Crippen molar-refractivity contribution < 1.29 is 13.5 Å². The molecule has 0 spiro atoms. The molecule has 0 aromatic heterocycles. The molecule has 0 aliphatic heterocycles. The van der Waals surface area contributed by atoms with E-state index < -0.39 is 10.0 Å². The van der Waals surface area contributed by atoms with Crippen LogP contribution in [-0.4, -0.2) is 25.2 Å². The maximum atomic E-state index is 11.6. The third-order valence-corrected chi connectivity index (χ3v) is 3.85. The summed E-state index contributed by atoms with van der Waals surface area (Å²) in [6.07, 6.45) is 1.24. The van der Waals surface area contributed by atoms with Crippen LogP contribution in [0.3, 0.4) is 0 Å². The Balaban J connectivity index is 2.56. The van der Waals surface area contributed by atoms with Gasteiger partial charge >= 0.3 is 0 Å². The van der Waals surface area contributed by atoms with Crippen molar-refractivity contribution in [2.24, 2.45) is 0 Å². The van der Waals surface area contributed by atoms with Crippen molar-refractivity contribution in [2.45, 2.75) is 19.4 Å². The molecule has 0 saturated heterocycles. The zero-order chi connectivity index (χ0) is 12.7. The Labute approximate surface area is 107 Å². The molecule has 1 aromatic carbocycles. The van der Waals surface area contributed by atoms with Gasteiger partial charge in [0.1, 0.15) is 0 Å². The fraction of sp³-hybridized carbons (Fsp3) is 0.455. The fourth-order valence-corrected chi connectivity index (χ4v) is 2.67. The van der Waals surface area contributed by atoms with Gasteiger partial charge in [-0.25, -0.2) is 8.42 Å². The number of nitrogens with one attached hydrogen (secondary N) is 1. The first-order valence-corrected chi connectivity index (χ1v) is 7.52. The number of anilines is 1. The van der Waals surface area contributed by atoms with Gasteiger partial charge in [-0.1, -0.05) is 12.1 Å². The van der Waals surface area contributed by atoms with Crippen molar-refractivity contribution in [1.82, 2.24) is 0 Å². The van der Waals surface area contributed by atoms with Crippen LogP contribution in [0.4, 0.5) is 5.69 Å². The van der Waals surface area contributed by atoms with Crippen LogP contribution >= 0.6 is 11.6 Å². The second-order valence-electron chi connectivity index (χ2n) is 3.67. The third-order valence-electron chi connectivity index (χ3n) is 2.21. The highest BCUT2D eigenvalue weighted by Crippen LogP contribution is 2.12. The van der Waals surface area contributed by atoms with Crippen LogP contribution < -0.4 is 4.72 Å². The molecule has 0 atom stereocenters. The first-order valence-electron chi connectivity index (χ1n) is 5.33. The summed E-state index contributed by atoms with van der Waals surface area (Å²) in [6, 6.07) is 6.61. The van der Waals surface area contributed by atoms with Crippen LogP contribution in [-0.2, 0) is 16.6 Å². The van der Waals surface area contributed by atoms with E-state index >= 15 is 0 Å². The molecule has 0 amide bonds. The molecule has 1 aromatic rings. The zero-order valence-electron chi connectivity index (χ0n) is 9.39. The van der Waals surface area contributed by atoms with E-state index in [1.807, 2.05) is 0 Å². The molecule has 0 saturated carbocycles. The van der Waals surface area contributed by atoms with Crippen molar-refractivity contribution in [1.29, 1.82) is 0 Å². The predicted octanol–water partition coefficient (Wildman–Crippen LogP) is 1.94. The Morgan fingerprint density at radius 1 is 1.18 bits per heavy atom. The lowest BCUT2D eigenvalue weighted by atomic mass is 10.2. The molecular weight excluding hydrogens is 262 g/mol. The molecule has 1 rings (SSSR count). The molecule has 6 heteroatoms. The first kappa shape index (κ1) is 14.3. The highest BCUT2D eigenvalue weighted by atomic mass is 35.5. The van der Waals surface area contributed by atoms with E-state index in [4.69, 9.17) is 16.7 Å². The van der Waals surface area contributed by atoms with Crippen molar-refractivity contribution in [3.05, 3.63) is 29.8 Å². The maximum absolute atomic E-state index is 11.6. The standard InChI is InChI=1S/C11H16ClNO3S/c12-7-1-2-8-17(15,16)13-11-5-3-10(9-14)4-6-11/h3-6,13-14H,1-2,7-9H2. The van der Waals surface area contributed by atoms with Crippen LogP contribution in [0.5, 0.6) is 0 Å². The van der Waals surface area contributed by atoms with Gasteiger partial charge < -0.3 is 5.11 Å². The molecule has 0 unspecified atom stereocenters. The van der Waals surface area contributed by atoms with E-state index in [0.29, 0.717) is 24.4 Å². The van der Waals surface area contributed by atoms with Crippen LogP contribution in [0, 0.1) is 0 Å². The van der Waals surface area contributed by atoms with E-state index in [9.17, 15) is 8.42 Å². The number of benzene rings is 1. The Hall–Kier alpha value is -0.780. The Morgan fingerprint density at radius 2 is 1.82 bits per heavy atom. The van der Waals surface area contributed by atoms with Gasteiger partial charge in [-0.2, -0.15) is 0 Å². The molecule has 0 aliphatic rings. The smallest absolute Gasteiger partial charge is 0.232 e. The molecule has 0 radical (unpaired) electrons. The van der Waals surface area contributed by atoms with Crippen LogP contribution in [0.2, 0.25) is 0 Å². The average molecular weight is 278 g/mol. The quantitative estimate of drug-likeness (QED) is 0.591. The van der Waals surface area contributed by atoms with Gasteiger partial charge in [0.2, 0.25) is 10.0 Å². The van der Waals surface area contributed by atoms with Crippen molar-refractivity contribution in [2.75, 3.05) is 16.4 Å². The van der Waals surface area contributed by atoms with Crippen LogP contribution in [0.25, 0.3) is 0 Å². The topological polar surface area (TPSA) is 66.4 Å². The lowest BCUT2D eigenvalue weighted by Crippen LogP contribution is -2.16. The van der Waals surface area contributed by atoms with E-state index in [0.717, 1.165) is 5.56 Å². The monoisotopic (exact) mass is 277 g/mol. The molecule has 2 N–H and O–H groups in total. The minimum absolute atomic E-state index is 0.0528. The molecule has 0 aliphatic carbocycles. The van der Waals surface area contributed by atoms with E-state index in [2.05, 4.69) is 4.72 Å². The summed E-state index contributed by atoms with van der Waals surface area (Å²) in [6.45, 7) is -0.0528. The number of aliphatic hydroxyl groups is 1. The molecule has 0 fully saturated rings. The Morgan fingerprint density at radius 3 is 2.35 bits per heavy atom. The lowest BCUT2D eigenvalue weighted by Gasteiger charge is -2.07. The zero-order valence-corrected chi connectivity index (χ0v) is 11.0. The summed E-state index contributed by atoms with van der Waals surface area (Å²) < 4.78 is 25.7. The van der Waals surface area contributed by atoms with Crippen molar-refractivity contribution in [3.8, 4) is 0 Å². The largest absolute Gasteiger partial charge is 0.392 e. The number of halogens is 1. The third kappa shape index (κ3) is 5.39. The minimum Gasteiger partial charge on any atom is -0.392 e. The maximum Gasteiger partial charge on any atom is 0.232 e. The molecule has 0 bridgehead atoms. The van der Waals surface area contributed by atoms with Crippen LogP contribution in [0.15, 0.2) is 24.3 Å². The van der Waals surface area contributed by atoms with Gasteiger partial charge in [0.15, 0.2) is 0 Å². The summed E-state index contributed by atoms with van der Waals surface area (Å²) in [5, 5.41) is 8.85. The highest BCUT2D eigenvalue weighted by molar-refractivity contribution is 7.92. The second kappa shape index (κ2) is 6.83. The molecule has 96 valence electrons.